The number of carbonyl (C=O) groups is 1. The molecule has 43 heavy (non-hydrogen) atoms. The molecule has 0 bridgehead atoms. The van der Waals surface area contributed by atoms with Crippen molar-refractivity contribution in [3.8, 4) is 5.75 Å². The van der Waals surface area contributed by atoms with Crippen LogP contribution in [0.2, 0.25) is 5.02 Å². The van der Waals surface area contributed by atoms with Gasteiger partial charge in [0.25, 0.3) is 5.91 Å². The average Bonchev–Trinajstić information content (AvgIpc) is 3.31. The number of amides is 1. The molecule has 1 saturated heterocycles. The highest BCUT2D eigenvalue weighted by molar-refractivity contribution is 6.30. The second kappa shape index (κ2) is 12.8. The molecule has 2 aromatic heterocycles. The maximum atomic E-state index is 15.3. The Morgan fingerprint density at radius 2 is 1.79 bits per heavy atom. The van der Waals surface area contributed by atoms with Crippen molar-refractivity contribution in [3.63, 3.8) is 0 Å². The molecular formula is C29H28Cl2F5N5O2. The van der Waals surface area contributed by atoms with Crippen molar-refractivity contribution in [1.29, 1.82) is 0 Å². The summed E-state index contributed by atoms with van der Waals surface area (Å²) in [6.07, 6.45) is -2.71. The van der Waals surface area contributed by atoms with Gasteiger partial charge in [0, 0.05) is 49.7 Å². The molecule has 1 fully saturated rings. The van der Waals surface area contributed by atoms with Crippen molar-refractivity contribution < 1.29 is 31.5 Å². The lowest BCUT2D eigenvalue weighted by molar-refractivity contribution is -0.274. The zero-order chi connectivity index (χ0) is 30.2. The van der Waals surface area contributed by atoms with E-state index in [2.05, 4.69) is 15.0 Å². The number of hydrogen-bond acceptors (Lipinski definition) is 5. The van der Waals surface area contributed by atoms with Crippen LogP contribution in [-0.4, -0.2) is 47.3 Å². The predicted molar refractivity (Wildman–Crippen MR) is 157 cm³/mol. The van der Waals surface area contributed by atoms with E-state index in [0.717, 1.165) is 0 Å². The maximum absolute atomic E-state index is 15.3. The van der Waals surface area contributed by atoms with Gasteiger partial charge in [0.15, 0.2) is 11.6 Å². The molecule has 0 radical (unpaired) electrons. The van der Waals surface area contributed by atoms with Gasteiger partial charge < -0.3 is 19.9 Å². The van der Waals surface area contributed by atoms with Gasteiger partial charge in [0.05, 0.1) is 16.4 Å². The largest absolute Gasteiger partial charge is 0.573 e. The molecule has 0 saturated carbocycles. The minimum atomic E-state index is -4.77. The Labute approximate surface area is 255 Å². The van der Waals surface area contributed by atoms with Gasteiger partial charge in [0.1, 0.15) is 17.1 Å². The summed E-state index contributed by atoms with van der Waals surface area (Å²) in [4.78, 5) is 21.2. The number of imidazole rings is 1. The molecule has 4 aromatic rings. The highest BCUT2D eigenvalue weighted by Crippen LogP contribution is 2.30. The van der Waals surface area contributed by atoms with Crippen molar-refractivity contribution in [2.75, 3.05) is 29.4 Å². The Morgan fingerprint density at radius 3 is 2.44 bits per heavy atom. The number of piperazine rings is 1. The summed E-state index contributed by atoms with van der Waals surface area (Å²) in [5, 5.41) is 3.08. The Hall–Kier alpha value is -3.77. The van der Waals surface area contributed by atoms with Crippen LogP contribution in [0.5, 0.6) is 5.75 Å². The number of hydrogen-bond donors (Lipinski definition) is 1. The molecule has 5 rings (SSSR count). The number of rotatable bonds is 7. The van der Waals surface area contributed by atoms with Crippen LogP contribution in [0.1, 0.15) is 35.6 Å². The van der Waals surface area contributed by atoms with Crippen LogP contribution >= 0.6 is 24.0 Å². The molecule has 1 amide bonds. The van der Waals surface area contributed by atoms with E-state index in [1.807, 2.05) is 18.7 Å². The highest BCUT2D eigenvalue weighted by Gasteiger charge is 2.32. The van der Waals surface area contributed by atoms with Gasteiger partial charge >= 0.3 is 6.36 Å². The second-order valence-corrected chi connectivity index (χ2v) is 10.4. The number of aromatic nitrogens is 2. The van der Waals surface area contributed by atoms with Crippen LogP contribution in [0.25, 0.3) is 5.65 Å². The van der Waals surface area contributed by atoms with E-state index in [-0.39, 0.29) is 47.7 Å². The number of pyridine rings is 1. The molecule has 14 heteroatoms. The normalized spacial score (nSPS) is 15.4. The minimum absolute atomic E-state index is 0. The van der Waals surface area contributed by atoms with E-state index in [4.69, 9.17) is 11.6 Å². The van der Waals surface area contributed by atoms with E-state index >= 15 is 8.78 Å². The Bertz CT molecular complexity index is 1610. The lowest BCUT2D eigenvalue weighted by Gasteiger charge is -2.42. The van der Waals surface area contributed by atoms with Gasteiger partial charge in [-0.15, -0.1) is 25.6 Å². The maximum Gasteiger partial charge on any atom is 0.573 e. The average molecular weight is 644 g/mol. The van der Waals surface area contributed by atoms with Crippen molar-refractivity contribution in [3.05, 3.63) is 88.3 Å². The summed E-state index contributed by atoms with van der Waals surface area (Å²) in [5.74, 6) is -2.89. The summed E-state index contributed by atoms with van der Waals surface area (Å²) < 4.78 is 73.3. The first-order valence-corrected chi connectivity index (χ1v) is 13.6. The molecule has 1 aliphatic heterocycles. The number of halogens is 7. The molecule has 230 valence electrons. The zero-order valence-corrected chi connectivity index (χ0v) is 24.7. The fourth-order valence-electron chi connectivity index (χ4n) is 5.17. The van der Waals surface area contributed by atoms with Gasteiger partial charge in [-0.25, -0.2) is 13.8 Å². The quantitative estimate of drug-likeness (QED) is 0.225. The van der Waals surface area contributed by atoms with Crippen LogP contribution in [0.15, 0.2) is 54.7 Å². The summed E-state index contributed by atoms with van der Waals surface area (Å²) >= 11 is 6.09. The zero-order valence-electron chi connectivity index (χ0n) is 23.1. The third-order valence-corrected chi connectivity index (χ3v) is 7.38. The molecule has 3 heterocycles. The lowest BCUT2D eigenvalue weighted by atomic mass is 10.1. The number of anilines is 2. The Morgan fingerprint density at radius 1 is 1.07 bits per heavy atom. The fraction of sp³-hybridized carbons (Fsp3) is 0.310. The second-order valence-electron chi connectivity index (χ2n) is 9.92. The van der Waals surface area contributed by atoms with E-state index in [1.54, 1.807) is 27.6 Å². The number of nitrogens with zero attached hydrogens (tertiary/aromatic N) is 4. The van der Waals surface area contributed by atoms with Gasteiger partial charge in [-0.1, -0.05) is 24.6 Å². The Balaban J connectivity index is 0.00000423. The summed E-state index contributed by atoms with van der Waals surface area (Å²) in [6, 6.07) is 11.7. The molecule has 1 aliphatic rings. The fourth-order valence-corrected chi connectivity index (χ4v) is 5.33. The van der Waals surface area contributed by atoms with Gasteiger partial charge in [-0.3, -0.25) is 9.20 Å². The Kier molecular flexibility index (Phi) is 9.60. The number of alkyl halides is 3. The van der Waals surface area contributed by atoms with E-state index in [0.29, 0.717) is 48.1 Å². The summed E-state index contributed by atoms with van der Waals surface area (Å²) in [6.45, 7) is 4.65. The van der Waals surface area contributed by atoms with Crippen LogP contribution in [0.4, 0.5) is 33.3 Å². The molecule has 1 N–H and O–H groups in total. The molecule has 7 nitrogen and oxygen atoms in total. The predicted octanol–water partition coefficient (Wildman–Crippen LogP) is 6.79. The highest BCUT2D eigenvalue weighted by atomic mass is 35.5. The smallest absolute Gasteiger partial charge is 0.406 e. The number of aryl methyl sites for hydroxylation is 1. The SMILES string of the molecule is CCc1nc2ccc(Cl)cn2c1C(=O)NCc1ccc(N2CCN(c3ccc(OC(F)(F)F)cc3)[C@@H](C)C2)c(F)c1F.Cl. The van der Waals surface area contributed by atoms with Crippen molar-refractivity contribution in [1.82, 2.24) is 14.7 Å². The molecule has 0 aliphatic carbocycles. The van der Waals surface area contributed by atoms with Gasteiger partial charge in [-0.2, -0.15) is 0 Å². The number of ether oxygens (including phenoxy) is 1. The van der Waals surface area contributed by atoms with Gasteiger partial charge in [0.2, 0.25) is 0 Å². The first-order valence-electron chi connectivity index (χ1n) is 13.2. The lowest BCUT2D eigenvalue weighted by Crippen LogP contribution is -2.52. The van der Waals surface area contributed by atoms with Gasteiger partial charge in [-0.05, 0) is 55.8 Å². The number of fused-ring (bicyclic) bond motifs is 1. The van der Waals surface area contributed by atoms with Crippen molar-refractivity contribution in [2.24, 2.45) is 0 Å². The van der Waals surface area contributed by atoms with Crippen LogP contribution in [0.3, 0.4) is 0 Å². The third-order valence-electron chi connectivity index (χ3n) is 7.16. The van der Waals surface area contributed by atoms with E-state index < -0.39 is 23.9 Å². The summed E-state index contributed by atoms with van der Waals surface area (Å²) in [7, 11) is 0. The van der Waals surface area contributed by atoms with E-state index in [1.165, 1.54) is 36.4 Å². The van der Waals surface area contributed by atoms with E-state index in [9.17, 15) is 18.0 Å². The minimum Gasteiger partial charge on any atom is -0.406 e. The molecule has 0 spiro atoms. The topological polar surface area (TPSA) is 62.1 Å². The number of carbonyl (C=O) groups excluding carboxylic acids is 1. The van der Waals surface area contributed by atoms with Crippen molar-refractivity contribution in [2.45, 2.75) is 39.2 Å². The first kappa shape index (κ1) is 32.2. The molecule has 0 unspecified atom stereocenters. The number of benzene rings is 2. The first-order chi connectivity index (χ1) is 19.9. The third kappa shape index (κ3) is 6.91. The summed E-state index contributed by atoms with van der Waals surface area (Å²) in [5.41, 5.74) is 2.14. The van der Waals surface area contributed by atoms with Crippen LogP contribution in [0, 0.1) is 11.6 Å². The molecular weight excluding hydrogens is 616 g/mol. The molecule has 1 atom stereocenters. The molecule has 2 aromatic carbocycles. The monoisotopic (exact) mass is 643 g/mol. The van der Waals surface area contributed by atoms with Crippen LogP contribution in [-0.2, 0) is 13.0 Å². The van der Waals surface area contributed by atoms with Crippen molar-refractivity contribution >= 4 is 46.9 Å². The number of nitrogens with one attached hydrogen (secondary N) is 1. The van der Waals surface area contributed by atoms with Crippen LogP contribution < -0.4 is 19.9 Å². The standard InChI is InChI=1S/C29H27ClF5N5O2.ClH/c1-3-22-27(40-16-19(30)5-11-24(40)37-22)28(41)36-14-18-4-10-23(26(32)25(18)31)38-12-13-39(17(2)15-38)20-6-8-21(9-7-20)42-29(33,34)35;/h4-11,16-17H,3,12-15H2,1-2H3,(H,36,41);1H/t17-;/m0./s1.